The molecule has 0 amide bonds. The minimum atomic E-state index is 0.639. The normalized spacial score (nSPS) is 10.1. The summed E-state index contributed by atoms with van der Waals surface area (Å²) in [6, 6.07) is 8.34. The second-order valence-corrected chi connectivity index (χ2v) is 5.61. The Labute approximate surface area is 128 Å². The Kier molecular flexibility index (Phi) is 5.26. The maximum atomic E-state index is 5.17. The molecule has 0 radical (unpaired) electrons. The highest BCUT2D eigenvalue weighted by Gasteiger charge is 2.03. The van der Waals surface area contributed by atoms with Crippen molar-refractivity contribution in [2.24, 2.45) is 0 Å². The predicted molar refractivity (Wildman–Crippen MR) is 89.9 cm³/mol. The maximum Gasteiger partial charge on any atom is 0.166 e. The molecule has 0 aliphatic heterocycles. The van der Waals surface area contributed by atoms with Gasteiger partial charge in [-0.25, -0.2) is 4.98 Å². The standard InChI is InChI=1S/C15H17N3S2/c1-3-7-16-15(19)17-9-12-5-4-6-13(8-12)14-18-11(2)10-20-14/h3-6,8,10H,1,7,9H2,2H3,(H2,16,17,19). The van der Waals surface area contributed by atoms with Crippen molar-refractivity contribution in [2.45, 2.75) is 13.5 Å². The van der Waals surface area contributed by atoms with Crippen LogP contribution in [0.15, 0.2) is 42.3 Å². The summed E-state index contributed by atoms with van der Waals surface area (Å²) >= 11 is 6.83. The van der Waals surface area contributed by atoms with Gasteiger partial charge in [0.05, 0.1) is 0 Å². The summed E-state index contributed by atoms with van der Waals surface area (Å²) in [5.74, 6) is 0. The summed E-state index contributed by atoms with van der Waals surface area (Å²) in [4.78, 5) is 4.51. The number of nitrogens with zero attached hydrogens (tertiary/aromatic N) is 1. The van der Waals surface area contributed by atoms with E-state index in [0.29, 0.717) is 18.2 Å². The van der Waals surface area contributed by atoms with Gasteiger partial charge in [-0.2, -0.15) is 0 Å². The zero-order valence-corrected chi connectivity index (χ0v) is 13.0. The van der Waals surface area contributed by atoms with Crippen LogP contribution in [0.4, 0.5) is 0 Å². The first-order chi connectivity index (χ1) is 9.69. The van der Waals surface area contributed by atoms with Crippen molar-refractivity contribution in [3.05, 3.63) is 53.6 Å². The highest BCUT2D eigenvalue weighted by Crippen LogP contribution is 2.24. The molecule has 0 bridgehead atoms. The monoisotopic (exact) mass is 303 g/mol. The summed E-state index contributed by atoms with van der Waals surface area (Å²) in [5.41, 5.74) is 3.38. The van der Waals surface area contributed by atoms with Crippen molar-refractivity contribution >= 4 is 28.7 Å². The van der Waals surface area contributed by atoms with Crippen molar-refractivity contribution in [1.82, 2.24) is 15.6 Å². The molecule has 2 rings (SSSR count). The number of rotatable bonds is 5. The molecule has 0 aliphatic carbocycles. The first-order valence-electron chi connectivity index (χ1n) is 6.33. The Morgan fingerprint density at radius 3 is 3.00 bits per heavy atom. The summed E-state index contributed by atoms with van der Waals surface area (Å²) in [6.45, 7) is 7.02. The fourth-order valence-electron chi connectivity index (χ4n) is 1.71. The number of nitrogens with one attached hydrogen (secondary N) is 2. The fraction of sp³-hybridized carbons (Fsp3) is 0.200. The quantitative estimate of drug-likeness (QED) is 0.656. The Bertz CT molecular complexity index is 605. The SMILES string of the molecule is C=CCNC(=S)NCc1cccc(-c2nc(C)cs2)c1. The second-order valence-electron chi connectivity index (χ2n) is 4.35. The number of hydrogen-bond acceptors (Lipinski definition) is 3. The van der Waals surface area contributed by atoms with Crippen molar-refractivity contribution in [3.8, 4) is 10.6 Å². The fourth-order valence-corrected chi connectivity index (χ4v) is 2.66. The van der Waals surface area contributed by atoms with Crippen molar-refractivity contribution in [2.75, 3.05) is 6.54 Å². The van der Waals surface area contributed by atoms with Gasteiger partial charge in [-0.1, -0.05) is 24.3 Å². The summed E-state index contributed by atoms with van der Waals surface area (Å²) < 4.78 is 0. The molecule has 0 fully saturated rings. The van der Waals surface area contributed by atoms with Crippen LogP contribution in [0, 0.1) is 6.92 Å². The third kappa shape index (κ3) is 4.15. The third-order valence-corrected chi connectivity index (χ3v) is 3.95. The number of thiocarbonyl (C=S) groups is 1. The lowest BCUT2D eigenvalue weighted by atomic mass is 10.1. The van der Waals surface area contributed by atoms with Crippen LogP contribution < -0.4 is 10.6 Å². The average Bonchev–Trinajstić information content (AvgIpc) is 2.90. The molecule has 20 heavy (non-hydrogen) atoms. The first kappa shape index (κ1) is 14.7. The maximum absolute atomic E-state index is 5.17. The molecular weight excluding hydrogens is 286 g/mol. The minimum Gasteiger partial charge on any atom is -0.359 e. The van der Waals surface area contributed by atoms with E-state index in [-0.39, 0.29) is 0 Å². The third-order valence-electron chi connectivity index (χ3n) is 2.65. The molecule has 2 N–H and O–H groups in total. The zero-order chi connectivity index (χ0) is 14.4. The molecule has 2 aromatic rings. The molecule has 0 saturated carbocycles. The van der Waals surface area contributed by atoms with Crippen LogP contribution in [0.3, 0.4) is 0 Å². The lowest BCUT2D eigenvalue weighted by molar-refractivity contribution is 0.873. The number of benzene rings is 1. The molecule has 0 saturated heterocycles. The van der Waals surface area contributed by atoms with Crippen molar-refractivity contribution in [3.63, 3.8) is 0 Å². The van der Waals surface area contributed by atoms with Gasteiger partial charge in [0.15, 0.2) is 5.11 Å². The van der Waals surface area contributed by atoms with E-state index in [1.165, 1.54) is 5.56 Å². The Morgan fingerprint density at radius 2 is 2.30 bits per heavy atom. The largest absolute Gasteiger partial charge is 0.359 e. The highest BCUT2D eigenvalue weighted by molar-refractivity contribution is 7.80. The van der Waals surface area contributed by atoms with E-state index in [1.807, 2.05) is 13.0 Å². The van der Waals surface area contributed by atoms with Gasteiger partial charge in [-0.05, 0) is 30.8 Å². The molecule has 0 atom stereocenters. The van der Waals surface area contributed by atoms with Gasteiger partial charge >= 0.3 is 0 Å². The summed E-state index contributed by atoms with van der Waals surface area (Å²) in [6.07, 6.45) is 1.78. The van der Waals surface area contributed by atoms with E-state index >= 15 is 0 Å². The molecule has 104 valence electrons. The van der Waals surface area contributed by atoms with Gasteiger partial charge in [-0.15, -0.1) is 17.9 Å². The Balaban J connectivity index is 1.99. The predicted octanol–water partition coefficient (Wildman–Crippen LogP) is 3.27. The van der Waals surface area contributed by atoms with Gasteiger partial charge in [0, 0.05) is 29.7 Å². The van der Waals surface area contributed by atoms with E-state index in [0.717, 1.165) is 16.3 Å². The van der Waals surface area contributed by atoms with Crippen LogP contribution in [0.2, 0.25) is 0 Å². The van der Waals surface area contributed by atoms with Crippen molar-refractivity contribution in [1.29, 1.82) is 0 Å². The first-order valence-corrected chi connectivity index (χ1v) is 7.62. The average molecular weight is 303 g/mol. The number of thiazole rings is 1. The second kappa shape index (κ2) is 7.17. The lowest BCUT2D eigenvalue weighted by Gasteiger charge is -2.09. The topological polar surface area (TPSA) is 37.0 Å². The van der Waals surface area contributed by atoms with Gasteiger partial charge < -0.3 is 10.6 Å². The zero-order valence-electron chi connectivity index (χ0n) is 11.3. The van der Waals surface area contributed by atoms with Crippen molar-refractivity contribution < 1.29 is 0 Å². The Hall–Kier alpha value is -1.72. The summed E-state index contributed by atoms with van der Waals surface area (Å²) in [7, 11) is 0. The molecule has 5 heteroatoms. The molecule has 0 unspecified atom stereocenters. The van der Waals surface area contributed by atoms with E-state index in [4.69, 9.17) is 12.2 Å². The van der Waals surface area contributed by atoms with Gasteiger partial charge in [0.1, 0.15) is 5.01 Å². The summed E-state index contributed by atoms with van der Waals surface area (Å²) in [5, 5.41) is 9.97. The molecule has 1 aromatic carbocycles. The van der Waals surface area contributed by atoms with E-state index in [2.05, 4.69) is 45.8 Å². The molecular formula is C15H17N3S2. The molecule has 0 spiro atoms. The van der Waals surface area contributed by atoms with Crippen LogP contribution in [0.25, 0.3) is 10.6 Å². The number of aromatic nitrogens is 1. The molecule has 1 heterocycles. The van der Waals surface area contributed by atoms with Crippen LogP contribution in [-0.2, 0) is 6.54 Å². The van der Waals surface area contributed by atoms with Crippen LogP contribution in [0.5, 0.6) is 0 Å². The smallest absolute Gasteiger partial charge is 0.166 e. The minimum absolute atomic E-state index is 0.639. The number of aryl methyl sites for hydroxylation is 1. The van der Waals surface area contributed by atoms with Crippen LogP contribution >= 0.6 is 23.6 Å². The Morgan fingerprint density at radius 1 is 1.45 bits per heavy atom. The van der Waals surface area contributed by atoms with Crippen LogP contribution in [0.1, 0.15) is 11.3 Å². The van der Waals surface area contributed by atoms with Gasteiger partial charge in [0.25, 0.3) is 0 Å². The van der Waals surface area contributed by atoms with Gasteiger partial charge in [-0.3, -0.25) is 0 Å². The van der Waals surface area contributed by atoms with Crippen LogP contribution in [-0.4, -0.2) is 16.6 Å². The number of hydrogen-bond donors (Lipinski definition) is 2. The molecule has 3 nitrogen and oxygen atoms in total. The van der Waals surface area contributed by atoms with E-state index < -0.39 is 0 Å². The lowest BCUT2D eigenvalue weighted by Crippen LogP contribution is -2.34. The highest BCUT2D eigenvalue weighted by atomic mass is 32.1. The van der Waals surface area contributed by atoms with E-state index in [1.54, 1.807) is 17.4 Å². The molecule has 0 aliphatic rings. The van der Waals surface area contributed by atoms with E-state index in [9.17, 15) is 0 Å². The van der Waals surface area contributed by atoms with Gasteiger partial charge in [0.2, 0.25) is 0 Å². The molecule has 1 aromatic heterocycles.